The Bertz CT molecular complexity index is 993. The Morgan fingerprint density at radius 3 is 2.93 bits per heavy atom. The average Bonchev–Trinajstić information content (AvgIpc) is 3.34. The molecule has 1 aromatic carbocycles. The molecule has 1 aliphatic heterocycles. The molecule has 1 atom stereocenters. The fourth-order valence-corrected chi connectivity index (χ4v) is 3.59. The van der Waals surface area contributed by atoms with Crippen LogP contribution in [0.25, 0.3) is 6.08 Å². The molecule has 9 heteroatoms. The van der Waals surface area contributed by atoms with E-state index in [1.54, 1.807) is 30.1 Å². The summed E-state index contributed by atoms with van der Waals surface area (Å²) in [6.45, 7) is -0.166. The summed E-state index contributed by atoms with van der Waals surface area (Å²) in [6.07, 6.45) is 4.74. The number of hydrogen-bond donors (Lipinski definition) is 1. The first-order valence-electron chi connectivity index (χ1n) is 8.33. The number of nitrogens with one attached hydrogen (secondary N) is 1. The van der Waals surface area contributed by atoms with Crippen molar-refractivity contribution in [2.45, 2.75) is 12.5 Å². The number of fused-ring (bicyclic) bond motifs is 1. The number of aryl methyl sites for hydroxylation is 1. The van der Waals surface area contributed by atoms with Crippen LogP contribution in [0.5, 0.6) is 0 Å². The molecule has 0 aliphatic carbocycles. The van der Waals surface area contributed by atoms with E-state index in [0.29, 0.717) is 22.7 Å². The minimum atomic E-state index is -0.480. The van der Waals surface area contributed by atoms with Gasteiger partial charge in [0.1, 0.15) is 11.5 Å². The summed E-state index contributed by atoms with van der Waals surface area (Å²) in [5, 5.41) is 14.5. The van der Waals surface area contributed by atoms with E-state index < -0.39 is 5.83 Å². The molecule has 7 nitrogen and oxygen atoms in total. The number of aromatic amines is 1. The molecule has 0 spiro atoms. The lowest BCUT2D eigenvalue weighted by Gasteiger charge is -2.25. The highest BCUT2D eigenvalue weighted by Gasteiger charge is 2.37. The van der Waals surface area contributed by atoms with Crippen molar-refractivity contribution in [2.75, 3.05) is 6.54 Å². The van der Waals surface area contributed by atoms with Crippen molar-refractivity contribution in [3.05, 3.63) is 70.0 Å². The first kappa shape index (κ1) is 17.4. The summed E-state index contributed by atoms with van der Waals surface area (Å²) in [6, 6.07) is 6.99. The molecule has 0 bridgehead atoms. The van der Waals surface area contributed by atoms with E-state index in [4.69, 9.17) is 11.6 Å². The number of H-pyrrole nitrogens is 1. The van der Waals surface area contributed by atoms with Gasteiger partial charge in [-0.3, -0.25) is 14.6 Å². The molecule has 1 N–H and O–H groups in total. The molecule has 4 rings (SSSR count). The zero-order valence-corrected chi connectivity index (χ0v) is 15.2. The van der Waals surface area contributed by atoms with Crippen LogP contribution in [-0.2, 0) is 13.5 Å². The summed E-state index contributed by atoms with van der Waals surface area (Å²) < 4.78 is 16.2. The molecule has 0 fully saturated rings. The van der Waals surface area contributed by atoms with Gasteiger partial charge in [-0.2, -0.15) is 5.10 Å². The summed E-state index contributed by atoms with van der Waals surface area (Å²) in [7, 11) is 1.79. The third kappa shape index (κ3) is 3.23. The molecule has 1 aliphatic rings. The van der Waals surface area contributed by atoms with Crippen LogP contribution in [0.2, 0.25) is 5.02 Å². The molecule has 0 saturated heterocycles. The first-order valence-corrected chi connectivity index (χ1v) is 8.71. The molecule has 27 heavy (non-hydrogen) atoms. The number of benzene rings is 1. The van der Waals surface area contributed by atoms with Gasteiger partial charge in [-0.15, -0.1) is 5.10 Å². The van der Waals surface area contributed by atoms with Gasteiger partial charge in [-0.25, -0.2) is 4.39 Å². The largest absolute Gasteiger partial charge is 0.324 e. The average molecular weight is 387 g/mol. The molecule has 2 aromatic heterocycles. The van der Waals surface area contributed by atoms with Gasteiger partial charge < -0.3 is 4.90 Å². The fourth-order valence-electron chi connectivity index (χ4n) is 3.35. The Balaban J connectivity index is 1.67. The maximum Gasteiger partial charge on any atom is 0.255 e. The van der Waals surface area contributed by atoms with Crippen molar-refractivity contribution in [3.63, 3.8) is 0 Å². The highest BCUT2D eigenvalue weighted by molar-refractivity contribution is 6.31. The van der Waals surface area contributed by atoms with Crippen molar-refractivity contribution in [1.29, 1.82) is 0 Å². The van der Waals surface area contributed by atoms with Crippen LogP contribution in [0.3, 0.4) is 0 Å². The van der Waals surface area contributed by atoms with Gasteiger partial charge in [-0.1, -0.05) is 35.0 Å². The topological polar surface area (TPSA) is 79.7 Å². The van der Waals surface area contributed by atoms with Gasteiger partial charge >= 0.3 is 0 Å². The van der Waals surface area contributed by atoms with Crippen molar-refractivity contribution < 1.29 is 9.18 Å². The molecule has 1 amide bonds. The first-order chi connectivity index (χ1) is 13.0. The van der Waals surface area contributed by atoms with Gasteiger partial charge in [0, 0.05) is 31.3 Å². The van der Waals surface area contributed by atoms with Gasteiger partial charge in [0.05, 0.1) is 29.5 Å². The Kier molecular flexibility index (Phi) is 4.49. The third-order valence-electron chi connectivity index (χ3n) is 4.65. The van der Waals surface area contributed by atoms with E-state index in [9.17, 15) is 9.18 Å². The Labute approximate surface area is 159 Å². The van der Waals surface area contributed by atoms with E-state index in [0.717, 1.165) is 11.3 Å². The van der Waals surface area contributed by atoms with Gasteiger partial charge in [0.25, 0.3) is 5.91 Å². The number of hydrogen-bond acceptors (Lipinski definition) is 4. The van der Waals surface area contributed by atoms with E-state index in [1.807, 2.05) is 12.1 Å². The second kappa shape index (κ2) is 6.96. The SMILES string of the molecule is Cn1ncc(Cl)c1CC1c2ccccc2C(=O)N1C/C(F)=C\c1c[nH]nn1. The van der Waals surface area contributed by atoms with Crippen LogP contribution >= 0.6 is 11.6 Å². The Morgan fingerprint density at radius 1 is 1.41 bits per heavy atom. The maximum absolute atomic E-state index is 14.6. The van der Waals surface area contributed by atoms with Crippen molar-refractivity contribution in [3.8, 4) is 0 Å². The molecule has 0 radical (unpaired) electrons. The lowest BCUT2D eigenvalue weighted by atomic mass is 10.0. The van der Waals surface area contributed by atoms with Crippen molar-refractivity contribution in [1.82, 2.24) is 30.1 Å². The smallest absolute Gasteiger partial charge is 0.255 e. The van der Waals surface area contributed by atoms with Crippen LogP contribution in [0, 0.1) is 0 Å². The number of carbonyl (C=O) groups is 1. The van der Waals surface area contributed by atoms with Crippen LogP contribution < -0.4 is 0 Å². The molecular formula is C18H16ClFN6O. The highest BCUT2D eigenvalue weighted by Crippen LogP contribution is 2.37. The van der Waals surface area contributed by atoms with E-state index in [1.165, 1.54) is 17.2 Å². The van der Waals surface area contributed by atoms with Crippen LogP contribution in [-0.4, -0.2) is 42.5 Å². The molecule has 3 heterocycles. The van der Waals surface area contributed by atoms with Gasteiger partial charge in [-0.05, 0) is 11.6 Å². The lowest BCUT2D eigenvalue weighted by molar-refractivity contribution is 0.0732. The second-order valence-electron chi connectivity index (χ2n) is 6.29. The predicted molar refractivity (Wildman–Crippen MR) is 97.6 cm³/mol. The summed E-state index contributed by atoms with van der Waals surface area (Å²) in [4.78, 5) is 14.4. The highest BCUT2D eigenvalue weighted by atomic mass is 35.5. The number of aromatic nitrogens is 5. The van der Waals surface area contributed by atoms with Crippen LogP contribution in [0.15, 0.2) is 42.5 Å². The zero-order chi connectivity index (χ0) is 19.0. The molecular weight excluding hydrogens is 371 g/mol. The van der Waals surface area contributed by atoms with E-state index >= 15 is 0 Å². The van der Waals surface area contributed by atoms with Gasteiger partial charge in [0.15, 0.2) is 0 Å². The monoisotopic (exact) mass is 386 g/mol. The summed E-state index contributed by atoms with van der Waals surface area (Å²) in [5.41, 5.74) is 2.59. The van der Waals surface area contributed by atoms with Crippen molar-refractivity contribution in [2.24, 2.45) is 7.05 Å². The number of amides is 1. The van der Waals surface area contributed by atoms with Gasteiger partial charge in [0.2, 0.25) is 0 Å². The molecule has 138 valence electrons. The number of carbonyl (C=O) groups excluding carboxylic acids is 1. The Morgan fingerprint density at radius 2 is 2.22 bits per heavy atom. The van der Waals surface area contributed by atoms with E-state index in [2.05, 4.69) is 20.5 Å². The number of nitrogens with zero attached hydrogens (tertiary/aromatic N) is 5. The second-order valence-corrected chi connectivity index (χ2v) is 6.70. The number of rotatable bonds is 5. The van der Waals surface area contributed by atoms with E-state index in [-0.39, 0.29) is 18.5 Å². The minimum absolute atomic E-state index is 0.166. The summed E-state index contributed by atoms with van der Waals surface area (Å²) in [5.74, 6) is -0.691. The third-order valence-corrected chi connectivity index (χ3v) is 4.96. The molecule has 1 unspecified atom stereocenters. The Hall–Kier alpha value is -3.00. The molecule has 3 aromatic rings. The van der Waals surface area contributed by atoms with Crippen LogP contribution in [0.4, 0.5) is 4.39 Å². The standard InChI is InChI=1S/C18H16ClFN6O/c1-25-17(15(19)9-22-25)7-16-13-4-2-3-5-14(13)18(27)26(16)10-11(20)6-12-8-21-24-23-12/h2-6,8-9,16H,7,10H2,1H3,(H,21,23,24)/b11-6+. The zero-order valence-electron chi connectivity index (χ0n) is 14.4. The maximum atomic E-state index is 14.6. The van der Waals surface area contributed by atoms with Crippen LogP contribution in [0.1, 0.15) is 33.4 Å². The summed E-state index contributed by atoms with van der Waals surface area (Å²) >= 11 is 6.24. The lowest BCUT2D eigenvalue weighted by Crippen LogP contribution is -2.31. The predicted octanol–water partition coefficient (Wildman–Crippen LogP) is 2.94. The van der Waals surface area contributed by atoms with Crippen molar-refractivity contribution >= 4 is 23.6 Å². The normalized spacial score (nSPS) is 16.9. The number of halogens is 2. The molecule has 0 saturated carbocycles. The minimum Gasteiger partial charge on any atom is -0.324 e. The fraction of sp³-hybridized carbons (Fsp3) is 0.222. The quantitative estimate of drug-likeness (QED) is 0.731.